The fourth-order valence-corrected chi connectivity index (χ4v) is 2.24. The summed E-state index contributed by atoms with van der Waals surface area (Å²) in [4.78, 5) is 24.0. The number of benzene rings is 2. The minimum absolute atomic E-state index is 0.0132. The van der Waals surface area contributed by atoms with Crippen LogP contribution in [0.4, 0.5) is 13.2 Å². The van der Waals surface area contributed by atoms with Crippen molar-refractivity contribution in [3.05, 3.63) is 65.2 Å². The number of carbonyl (C=O) groups excluding carboxylic acids is 2. The quantitative estimate of drug-likeness (QED) is 0.773. The van der Waals surface area contributed by atoms with Crippen molar-refractivity contribution in [1.29, 1.82) is 0 Å². The molecule has 26 heavy (non-hydrogen) atoms. The van der Waals surface area contributed by atoms with Gasteiger partial charge in [-0.25, -0.2) is 0 Å². The molecule has 0 fully saturated rings. The molecule has 0 aliphatic rings. The Balaban J connectivity index is 1.88. The Kier molecular flexibility index (Phi) is 6.21. The molecule has 0 saturated heterocycles. The van der Waals surface area contributed by atoms with Gasteiger partial charge in [0.2, 0.25) is 0 Å². The summed E-state index contributed by atoms with van der Waals surface area (Å²) in [6.07, 6.45) is -4.62. The Bertz CT molecular complexity index is 791. The molecule has 0 aromatic heterocycles. The Morgan fingerprint density at radius 1 is 0.962 bits per heavy atom. The normalized spacial score (nSPS) is 10.9. The van der Waals surface area contributed by atoms with Gasteiger partial charge in [-0.2, -0.15) is 13.2 Å². The van der Waals surface area contributed by atoms with Crippen LogP contribution in [0.3, 0.4) is 0 Å². The second kappa shape index (κ2) is 8.37. The van der Waals surface area contributed by atoms with Gasteiger partial charge >= 0.3 is 6.18 Å². The number of ether oxygens (including phenoxy) is 1. The van der Waals surface area contributed by atoms with Crippen LogP contribution in [0, 0.1) is 0 Å². The second-order valence-corrected chi connectivity index (χ2v) is 5.29. The molecule has 0 aliphatic carbocycles. The first-order valence-electron chi connectivity index (χ1n) is 7.69. The summed E-state index contributed by atoms with van der Waals surface area (Å²) in [7, 11) is 1.48. The van der Waals surface area contributed by atoms with E-state index in [9.17, 15) is 22.8 Å². The van der Waals surface area contributed by atoms with Crippen LogP contribution < -0.4 is 15.4 Å². The highest BCUT2D eigenvalue weighted by Crippen LogP contribution is 2.31. The molecule has 0 aliphatic heterocycles. The standard InChI is InChI=1S/C18H17F3N2O3/c1-26-13-6-4-5-12(11-13)16(24)22-9-10-23-17(25)14-7-2-3-8-15(14)18(19,20)21/h2-8,11H,9-10H2,1H3,(H,22,24)(H,23,25). The molecule has 2 N–H and O–H groups in total. The van der Waals surface area contributed by atoms with Gasteiger partial charge in [0, 0.05) is 18.7 Å². The van der Waals surface area contributed by atoms with Gasteiger partial charge in [-0.15, -0.1) is 0 Å². The molecule has 5 nitrogen and oxygen atoms in total. The van der Waals surface area contributed by atoms with E-state index >= 15 is 0 Å². The van der Waals surface area contributed by atoms with E-state index < -0.39 is 23.2 Å². The van der Waals surface area contributed by atoms with E-state index in [0.29, 0.717) is 11.3 Å². The molecule has 0 atom stereocenters. The van der Waals surface area contributed by atoms with Gasteiger partial charge < -0.3 is 15.4 Å². The smallest absolute Gasteiger partial charge is 0.417 e. The summed E-state index contributed by atoms with van der Waals surface area (Å²) in [5, 5.41) is 4.93. The molecule has 0 unspecified atom stereocenters. The first-order valence-corrected chi connectivity index (χ1v) is 7.69. The molecule has 2 rings (SSSR count). The molecule has 0 heterocycles. The summed E-state index contributed by atoms with van der Waals surface area (Å²) in [6.45, 7) is 0.0523. The Labute approximate surface area is 148 Å². The van der Waals surface area contributed by atoms with Crippen LogP contribution in [0.5, 0.6) is 5.75 Å². The largest absolute Gasteiger partial charge is 0.497 e. The minimum atomic E-state index is -4.62. The molecular formula is C18H17F3N2O3. The van der Waals surface area contributed by atoms with E-state index in [1.807, 2.05) is 0 Å². The fraction of sp³-hybridized carbons (Fsp3) is 0.222. The Morgan fingerprint density at radius 2 is 1.62 bits per heavy atom. The summed E-state index contributed by atoms with van der Waals surface area (Å²) in [5.41, 5.74) is -1.09. The van der Waals surface area contributed by atoms with Crippen LogP contribution in [0.25, 0.3) is 0 Å². The van der Waals surface area contributed by atoms with E-state index in [4.69, 9.17) is 4.74 Å². The highest BCUT2D eigenvalue weighted by molar-refractivity contribution is 5.96. The number of hydrogen-bond donors (Lipinski definition) is 2. The maximum Gasteiger partial charge on any atom is 0.417 e. The topological polar surface area (TPSA) is 67.4 Å². The van der Waals surface area contributed by atoms with E-state index in [0.717, 1.165) is 12.1 Å². The second-order valence-electron chi connectivity index (χ2n) is 5.29. The molecule has 138 valence electrons. The molecule has 0 bridgehead atoms. The van der Waals surface area contributed by atoms with Crippen LogP contribution in [0.1, 0.15) is 26.3 Å². The average molecular weight is 366 g/mol. The summed E-state index contributed by atoms with van der Waals surface area (Å²) >= 11 is 0. The van der Waals surface area contributed by atoms with Gasteiger partial charge in [0.1, 0.15) is 5.75 Å². The van der Waals surface area contributed by atoms with Gasteiger partial charge in [-0.1, -0.05) is 18.2 Å². The van der Waals surface area contributed by atoms with Crippen LogP contribution in [-0.2, 0) is 6.18 Å². The molecule has 2 aromatic carbocycles. The third-order valence-electron chi connectivity index (χ3n) is 3.51. The van der Waals surface area contributed by atoms with Gasteiger partial charge in [-0.05, 0) is 30.3 Å². The predicted molar refractivity (Wildman–Crippen MR) is 89.1 cm³/mol. The van der Waals surface area contributed by atoms with Crippen molar-refractivity contribution >= 4 is 11.8 Å². The highest BCUT2D eigenvalue weighted by atomic mass is 19.4. The fourth-order valence-electron chi connectivity index (χ4n) is 2.24. The number of carbonyl (C=O) groups is 2. The van der Waals surface area contributed by atoms with Crippen molar-refractivity contribution in [3.8, 4) is 5.75 Å². The lowest BCUT2D eigenvalue weighted by Gasteiger charge is -2.13. The van der Waals surface area contributed by atoms with Crippen molar-refractivity contribution in [2.75, 3.05) is 20.2 Å². The van der Waals surface area contributed by atoms with Gasteiger partial charge in [0.25, 0.3) is 11.8 Å². The molecule has 0 spiro atoms. The van der Waals surface area contributed by atoms with E-state index in [2.05, 4.69) is 10.6 Å². The number of methoxy groups -OCH3 is 1. The molecule has 2 amide bonds. The maximum atomic E-state index is 12.9. The SMILES string of the molecule is COc1cccc(C(=O)NCCNC(=O)c2ccccc2C(F)(F)F)c1. The Hall–Kier alpha value is -3.03. The number of nitrogens with one attached hydrogen (secondary N) is 2. The van der Waals surface area contributed by atoms with Crippen LogP contribution in [0.15, 0.2) is 48.5 Å². The first kappa shape index (κ1) is 19.3. The molecular weight excluding hydrogens is 349 g/mol. The Morgan fingerprint density at radius 3 is 2.27 bits per heavy atom. The van der Waals surface area contributed by atoms with Crippen molar-refractivity contribution in [2.24, 2.45) is 0 Å². The number of rotatable bonds is 6. The lowest BCUT2D eigenvalue weighted by Crippen LogP contribution is -2.35. The average Bonchev–Trinajstić information content (AvgIpc) is 2.64. The lowest BCUT2D eigenvalue weighted by atomic mass is 10.1. The van der Waals surface area contributed by atoms with E-state index in [1.54, 1.807) is 24.3 Å². The summed E-state index contributed by atoms with van der Waals surface area (Å²) in [5.74, 6) is -0.711. The lowest BCUT2D eigenvalue weighted by molar-refractivity contribution is -0.137. The van der Waals surface area contributed by atoms with Crippen LogP contribution in [0.2, 0.25) is 0 Å². The molecule has 8 heteroatoms. The van der Waals surface area contributed by atoms with E-state index in [-0.39, 0.29) is 19.0 Å². The minimum Gasteiger partial charge on any atom is -0.497 e. The highest BCUT2D eigenvalue weighted by Gasteiger charge is 2.34. The first-order chi connectivity index (χ1) is 12.3. The number of alkyl halides is 3. The zero-order valence-corrected chi connectivity index (χ0v) is 13.9. The third kappa shape index (κ3) is 4.98. The summed E-state index contributed by atoms with van der Waals surface area (Å²) in [6, 6.07) is 11.0. The van der Waals surface area contributed by atoms with Crippen molar-refractivity contribution in [3.63, 3.8) is 0 Å². The molecule has 0 saturated carbocycles. The number of hydrogen-bond acceptors (Lipinski definition) is 3. The molecule has 0 radical (unpaired) electrons. The zero-order valence-electron chi connectivity index (χ0n) is 13.9. The van der Waals surface area contributed by atoms with Gasteiger partial charge in [0.05, 0.1) is 18.2 Å². The van der Waals surface area contributed by atoms with Crippen molar-refractivity contribution in [2.45, 2.75) is 6.18 Å². The van der Waals surface area contributed by atoms with Crippen molar-refractivity contribution in [1.82, 2.24) is 10.6 Å². The number of halogens is 3. The molecule has 2 aromatic rings. The van der Waals surface area contributed by atoms with E-state index in [1.165, 1.54) is 19.2 Å². The van der Waals surface area contributed by atoms with Crippen LogP contribution in [-0.4, -0.2) is 32.0 Å². The zero-order chi connectivity index (χ0) is 19.2. The van der Waals surface area contributed by atoms with Crippen LogP contribution >= 0.6 is 0 Å². The monoisotopic (exact) mass is 366 g/mol. The predicted octanol–water partition coefficient (Wildman–Crippen LogP) is 2.87. The van der Waals surface area contributed by atoms with Gasteiger partial charge in [0.15, 0.2) is 0 Å². The number of amides is 2. The van der Waals surface area contributed by atoms with Gasteiger partial charge in [-0.3, -0.25) is 9.59 Å². The third-order valence-corrected chi connectivity index (χ3v) is 3.51. The summed E-state index contributed by atoms with van der Waals surface area (Å²) < 4.78 is 43.7. The maximum absolute atomic E-state index is 12.9. The van der Waals surface area contributed by atoms with Crippen molar-refractivity contribution < 1.29 is 27.5 Å².